The number of hydrogen-bond donors (Lipinski definition) is 2. The summed E-state index contributed by atoms with van der Waals surface area (Å²) >= 11 is 0. The van der Waals surface area contributed by atoms with E-state index in [-0.39, 0.29) is 19.6 Å². The third-order valence-corrected chi connectivity index (χ3v) is 4.00. The Morgan fingerprint density at radius 1 is 1.24 bits per heavy atom. The summed E-state index contributed by atoms with van der Waals surface area (Å²) in [6.45, 7) is 1.22. The summed E-state index contributed by atoms with van der Waals surface area (Å²) in [7, 11) is 0. The fraction of sp³-hybridized carbons (Fsp3) is 0.368. The van der Waals surface area contributed by atoms with Crippen LogP contribution in [-0.4, -0.2) is 29.8 Å². The van der Waals surface area contributed by atoms with Gasteiger partial charge in [0.1, 0.15) is 12.8 Å². The van der Waals surface area contributed by atoms with E-state index in [4.69, 9.17) is 4.74 Å². The van der Waals surface area contributed by atoms with Crippen molar-refractivity contribution in [2.45, 2.75) is 38.3 Å². The first-order valence-corrected chi connectivity index (χ1v) is 8.78. The number of nitrogens with zero attached hydrogens (tertiary/aromatic N) is 1. The van der Waals surface area contributed by atoms with E-state index in [1.54, 1.807) is 37.3 Å². The van der Waals surface area contributed by atoms with Crippen molar-refractivity contribution in [3.63, 3.8) is 0 Å². The fourth-order valence-corrected chi connectivity index (χ4v) is 2.40. The molecule has 2 rings (SSSR count). The van der Waals surface area contributed by atoms with Crippen LogP contribution in [0.1, 0.15) is 24.5 Å². The van der Waals surface area contributed by atoms with Gasteiger partial charge in [-0.15, -0.1) is 0 Å². The first-order chi connectivity index (χ1) is 13.7. The Balaban J connectivity index is 1.95. The number of pyridine rings is 1. The molecule has 0 saturated carbocycles. The Morgan fingerprint density at radius 2 is 1.93 bits per heavy atom. The molecule has 0 aliphatic rings. The van der Waals surface area contributed by atoms with E-state index in [0.29, 0.717) is 12.3 Å². The number of amides is 1. The van der Waals surface area contributed by atoms with E-state index in [2.05, 4.69) is 15.6 Å². The smallest absolute Gasteiger partial charge is 0.417 e. The summed E-state index contributed by atoms with van der Waals surface area (Å²) in [6, 6.07) is 8.01. The van der Waals surface area contributed by atoms with Crippen molar-refractivity contribution in [1.82, 2.24) is 10.3 Å². The van der Waals surface area contributed by atoms with E-state index in [1.165, 1.54) is 0 Å². The maximum atomic E-state index is 14.2. The Morgan fingerprint density at radius 3 is 2.52 bits per heavy atom. The van der Waals surface area contributed by atoms with E-state index in [0.717, 1.165) is 5.56 Å². The van der Waals surface area contributed by atoms with Gasteiger partial charge in [0.25, 0.3) is 0 Å². The third kappa shape index (κ3) is 6.88. The number of aromatic nitrogens is 1. The summed E-state index contributed by atoms with van der Waals surface area (Å²) in [6.07, 6.45) is -6.59. The van der Waals surface area contributed by atoms with Crippen LogP contribution in [0.2, 0.25) is 0 Å². The van der Waals surface area contributed by atoms with Gasteiger partial charge in [0, 0.05) is 12.7 Å². The molecule has 2 N–H and O–H groups in total. The first kappa shape index (κ1) is 22.4. The van der Waals surface area contributed by atoms with Crippen molar-refractivity contribution in [1.29, 1.82) is 0 Å². The first-order valence-electron chi connectivity index (χ1n) is 8.78. The second-order valence-corrected chi connectivity index (χ2v) is 6.17. The minimum atomic E-state index is -4.73. The molecule has 0 radical (unpaired) electrons. The number of carbonyl (C=O) groups excluding carboxylic acids is 1. The van der Waals surface area contributed by atoms with E-state index >= 15 is 0 Å². The molecule has 0 bridgehead atoms. The highest BCUT2D eigenvalue weighted by molar-refractivity contribution is 5.67. The fourth-order valence-electron chi connectivity index (χ4n) is 2.40. The summed E-state index contributed by atoms with van der Waals surface area (Å²) in [5, 5.41) is 4.76. The third-order valence-electron chi connectivity index (χ3n) is 4.00. The molecule has 0 unspecified atom stereocenters. The van der Waals surface area contributed by atoms with Crippen LogP contribution in [0.15, 0.2) is 42.6 Å². The van der Waals surface area contributed by atoms with Gasteiger partial charge in [-0.25, -0.2) is 18.6 Å². The lowest BCUT2D eigenvalue weighted by atomic mass is 10.1. The molecule has 2 atom stereocenters. The number of nitrogens with one attached hydrogen (secondary N) is 2. The normalized spacial score (nSPS) is 13.4. The van der Waals surface area contributed by atoms with Crippen LogP contribution in [0.4, 0.5) is 32.6 Å². The number of carbonyl (C=O) groups is 1. The molecule has 10 heteroatoms. The van der Waals surface area contributed by atoms with Gasteiger partial charge in [-0.1, -0.05) is 37.3 Å². The van der Waals surface area contributed by atoms with Gasteiger partial charge in [-0.05, 0) is 18.1 Å². The molecule has 0 fully saturated rings. The summed E-state index contributed by atoms with van der Waals surface area (Å²) in [4.78, 5) is 15.3. The predicted octanol–water partition coefficient (Wildman–Crippen LogP) is 4.69. The number of alkyl carbamates (subject to hydrolysis) is 1. The zero-order chi connectivity index (χ0) is 21.4. The standard InChI is InChI=1S/C19H20F5N3O2/c1-2-14(20)16(27-18(28)29-11-12-6-4-3-5-7-12)10-26-17-15(21)8-13(9-25-17)19(22,23)24/h3-9,14,16H,2,10-11H2,1H3,(H,25,26)(H,27,28)/t14-,16+/m0/s1. The minimum Gasteiger partial charge on any atom is -0.445 e. The average Bonchev–Trinajstić information content (AvgIpc) is 2.69. The van der Waals surface area contributed by atoms with E-state index < -0.39 is 41.7 Å². The molecule has 2 aromatic rings. The number of hydrogen-bond acceptors (Lipinski definition) is 4. The highest BCUT2D eigenvalue weighted by atomic mass is 19.4. The minimum absolute atomic E-state index is 0.0228. The second-order valence-electron chi connectivity index (χ2n) is 6.17. The molecule has 1 amide bonds. The zero-order valence-electron chi connectivity index (χ0n) is 15.5. The van der Waals surface area contributed by atoms with Gasteiger partial charge >= 0.3 is 12.3 Å². The molecule has 0 aliphatic carbocycles. The van der Waals surface area contributed by atoms with Crippen molar-refractivity contribution < 1.29 is 31.5 Å². The van der Waals surface area contributed by atoms with Crippen molar-refractivity contribution in [3.05, 3.63) is 59.5 Å². The molecule has 5 nitrogen and oxygen atoms in total. The number of alkyl halides is 4. The van der Waals surface area contributed by atoms with Crippen molar-refractivity contribution in [2.75, 3.05) is 11.9 Å². The maximum absolute atomic E-state index is 14.2. The SMILES string of the molecule is CC[C@H](F)[C@@H](CNc1ncc(C(F)(F)F)cc1F)NC(=O)OCc1ccccc1. The molecule has 158 valence electrons. The number of benzene rings is 1. The number of rotatable bonds is 8. The Hall–Kier alpha value is -2.91. The van der Waals surface area contributed by atoms with E-state index in [9.17, 15) is 26.7 Å². The van der Waals surface area contributed by atoms with Crippen LogP contribution in [0.5, 0.6) is 0 Å². The molecule has 29 heavy (non-hydrogen) atoms. The largest absolute Gasteiger partial charge is 0.445 e. The molecular weight excluding hydrogens is 397 g/mol. The second kappa shape index (κ2) is 10.0. The summed E-state index contributed by atoms with van der Waals surface area (Å²) in [5.41, 5.74) is -0.503. The van der Waals surface area contributed by atoms with Crippen LogP contribution >= 0.6 is 0 Å². The summed E-state index contributed by atoms with van der Waals surface area (Å²) < 4.78 is 70.7. The quantitative estimate of drug-likeness (QED) is 0.612. The lowest BCUT2D eigenvalue weighted by molar-refractivity contribution is -0.138. The van der Waals surface area contributed by atoms with Gasteiger partial charge in [-0.2, -0.15) is 13.2 Å². The van der Waals surface area contributed by atoms with Crippen LogP contribution in [0, 0.1) is 5.82 Å². The Labute approximate surface area is 164 Å². The zero-order valence-corrected chi connectivity index (χ0v) is 15.5. The van der Waals surface area contributed by atoms with Gasteiger partial charge in [0.2, 0.25) is 0 Å². The molecule has 1 heterocycles. The topological polar surface area (TPSA) is 63.2 Å². The van der Waals surface area contributed by atoms with E-state index in [1.807, 2.05) is 0 Å². The van der Waals surface area contributed by atoms with Gasteiger partial charge in [0.05, 0.1) is 11.6 Å². The maximum Gasteiger partial charge on any atom is 0.417 e. The van der Waals surface area contributed by atoms with Gasteiger partial charge < -0.3 is 15.4 Å². The van der Waals surface area contributed by atoms with Crippen LogP contribution < -0.4 is 10.6 Å². The highest BCUT2D eigenvalue weighted by Gasteiger charge is 2.32. The van der Waals surface area contributed by atoms with Crippen LogP contribution in [0.3, 0.4) is 0 Å². The Kier molecular flexibility index (Phi) is 7.74. The van der Waals surface area contributed by atoms with Gasteiger partial charge in [0.15, 0.2) is 11.6 Å². The Bertz CT molecular complexity index is 802. The molecule has 0 saturated heterocycles. The summed E-state index contributed by atoms with van der Waals surface area (Å²) in [5.74, 6) is -1.72. The molecule has 0 aliphatic heterocycles. The monoisotopic (exact) mass is 417 g/mol. The van der Waals surface area contributed by atoms with Gasteiger partial charge in [-0.3, -0.25) is 0 Å². The van der Waals surface area contributed by atoms with Crippen molar-refractivity contribution in [3.8, 4) is 0 Å². The highest BCUT2D eigenvalue weighted by Crippen LogP contribution is 2.30. The number of halogens is 5. The van der Waals surface area contributed by atoms with Crippen molar-refractivity contribution in [2.24, 2.45) is 0 Å². The number of ether oxygens (including phenoxy) is 1. The van der Waals surface area contributed by atoms with Crippen LogP contribution in [0.25, 0.3) is 0 Å². The molecule has 0 spiro atoms. The van der Waals surface area contributed by atoms with Crippen LogP contribution in [-0.2, 0) is 17.5 Å². The molecular formula is C19H20F5N3O2. The number of anilines is 1. The molecule has 1 aromatic carbocycles. The van der Waals surface area contributed by atoms with Crippen molar-refractivity contribution >= 4 is 11.9 Å². The lowest BCUT2D eigenvalue weighted by Crippen LogP contribution is -2.46. The molecule has 1 aromatic heterocycles. The lowest BCUT2D eigenvalue weighted by Gasteiger charge is -2.22. The average molecular weight is 417 g/mol. The predicted molar refractivity (Wildman–Crippen MR) is 96.4 cm³/mol.